The van der Waals surface area contributed by atoms with Crippen molar-refractivity contribution in [3.8, 4) is 0 Å². The average Bonchev–Trinajstić information content (AvgIpc) is 2.33. The van der Waals surface area contributed by atoms with Crippen LogP contribution in [-0.2, 0) is 0 Å². The quantitative estimate of drug-likeness (QED) is 0.471. The van der Waals surface area contributed by atoms with E-state index in [1.165, 1.54) is 0 Å². The molecule has 2 unspecified atom stereocenters. The lowest BCUT2D eigenvalue weighted by molar-refractivity contribution is 0.588. The molecule has 1 aliphatic carbocycles. The van der Waals surface area contributed by atoms with E-state index >= 15 is 0 Å². The maximum absolute atomic E-state index is 3.20. The molecule has 9 heavy (non-hydrogen) atoms. The van der Waals surface area contributed by atoms with Gasteiger partial charge < -0.3 is 0 Å². The zero-order valence-electron chi connectivity index (χ0n) is 5.09. The Balaban J connectivity index is 2.18. The van der Waals surface area contributed by atoms with Crippen LogP contribution in [0.5, 0.6) is 0 Å². The summed E-state index contributed by atoms with van der Waals surface area (Å²) in [7, 11) is 0. The van der Waals surface area contributed by atoms with E-state index in [1.807, 2.05) is 6.08 Å². The van der Waals surface area contributed by atoms with E-state index in [0.717, 1.165) is 6.54 Å². The van der Waals surface area contributed by atoms with Gasteiger partial charge in [-0.2, -0.15) is 0 Å². The molecule has 0 spiro atoms. The fraction of sp³-hybridized carbons (Fsp3) is 0.429. The number of rotatable bonds is 0. The lowest BCUT2D eigenvalue weighted by atomic mass is 9.98. The number of nitrogens with one attached hydrogen (secondary N) is 2. The Kier molecular flexibility index (Phi) is 1.14. The molecule has 2 atom stereocenters. The summed E-state index contributed by atoms with van der Waals surface area (Å²) in [6.07, 6.45) is 9.41. The van der Waals surface area contributed by atoms with Crippen molar-refractivity contribution in [1.82, 2.24) is 10.9 Å². The smallest absolute Gasteiger partial charge is 0.0541 e. The Morgan fingerprint density at radius 3 is 3.44 bits per heavy atom. The van der Waals surface area contributed by atoms with Gasteiger partial charge in [-0.3, -0.25) is 5.43 Å². The van der Waals surface area contributed by atoms with Crippen LogP contribution < -0.4 is 10.9 Å². The molecule has 1 saturated heterocycles. The van der Waals surface area contributed by atoms with Gasteiger partial charge in [0.25, 0.3) is 0 Å². The van der Waals surface area contributed by atoms with E-state index in [-0.39, 0.29) is 0 Å². The highest BCUT2D eigenvalue weighted by Gasteiger charge is 2.23. The van der Waals surface area contributed by atoms with Gasteiger partial charge in [-0.25, -0.2) is 5.43 Å². The first-order valence-corrected chi connectivity index (χ1v) is 3.21. The van der Waals surface area contributed by atoms with E-state index in [1.54, 1.807) is 0 Å². The van der Waals surface area contributed by atoms with E-state index < -0.39 is 0 Å². The first kappa shape index (κ1) is 5.21. The predicted molar refractivity (Wildman–Crippen MR) is 35.4 cm³/mol. The second kappa shape index (κ2) is 1.97. The molecule has 0 amide bonds. The summed E-state index contributed by atoms with van der Waals surface area (Å²) in [6.45, 7) is 1.03. The average molecular weight is 121 g/mol. The van der Waals surface area contributed by atoms with Crippen molar-refractivity contribution in [2.45, 2.75) is 6.04 Å². The van der Waals surface area contributed by atoms with Crippen molar-refractivity contribution in [3.05, 3.63) is 24.3 Å². The van der Waals surface area contributed by atoms with Gasteiger partial charge in [-0.05, 0) is 6.08 Å². The van der Waals surface area contributed by atoms with Gasteiger partial charge in [-0.1, -0.05) is 18.2 Å². The highest BCUT2D eigenvalue weighted by atomic mass is 15.4. The van der Waals surface area contributed by atoms with Gasteiger partial charge in [0.05, 0.1) is 6.04 Å². The molecule has 47 valence electrons. The molecule has 0 bridgehead atoms. The minimum atomic E-state index is 0.412. The van der Waals surface area contributed by atoms with Crippen LogP contribution in [0.3, 0.4) is 0 Å². The molecule has 0 saturated carbocycles. The third-order valence-corrected chi connectivity index (χ3v) is 1.75. The van der Waals surface area contributed by atoms with Crippen molar-refractivity contribution >= 4 is 0 Å². The van der Waals surface area contributed by atoms with Crippen molar-refractivity contribution < 1.29 is 0 Å². The van der Waals surface area contributed by atoms with Gasteiger partial charge >= 0.3 is 0 Å². The van der Waals surface area contributed by atoms with Crippen LogP contribution in [-0.4, -0.2) is 12.6 Å². The summed E-state index contributed by atoms with van der Waals surface area (Å²) in [5, 5.41) is 0. The van der Waals surface area contributed by atoms with Gasteiger partial charge in [0.15, 0.2) is 0 Å². The lowest BCUT2D eigenvalue weighted by Crippen LogP contribution is -2.30. The Labute approximate surface area is 54.6 Å². The number of hydrogen-bond donors (Lipinski definition) is 2. The Hall–Kier alpha value is -0.600. The van der Waals surface area contributed by atoms with Crippen molar-refractivity contribution in [3.63, 3.8) is 0 Å². The minimum Gasteiger partial charge on any atom is -0.257 e. The molecular weight excluding hydrogens is 112 g/mol. The molecule has 2 aliphatic rings. The Bertz CT molecular complexity index is 142. The zero-order chi connectivity index (χ0) is 6.10. The summed E-state index contributed by atoms with van der Waals surface area (Å²) in [5.74, 6) is 0.620. The predicted octanol–water partition coefficient (Wildman–Crippen LogP) is 0.00819. The lowest BCUT2D eigenvalue weighted by Gasteiger charge is -2.11. The second-order valence-electron chi connectivity index (χ2n) is 2.38. The molecule has 2 rings (SSSR count). The maximum atomic E-state index is 3.20. The normalized spacial score (nSPS) is 39.1. The fourth-order valence-electron chi connectivity index (χ4n) is 1.21. The molecule has 1 aliphatic heterocycles. The maximum Gasteiger partial charge on any atom is 0.0541 e. The van der Waals surface area contributed by atoms with Crippen LogP contribution in [0.2, 0.25) is 0 Å². The van der Waals surface area contributed by atoms with Crippen LogP contribution in [0.25, 0.3) is 0 Å². The monoisotopic (exact) mass is 121 g/mol. The third-order valence-electron chi connectivity index (χ3n) is 1.75. The van der Waals surface area contributed by atoms with Crippen LogP contribution in [0.1, 0.15) is 0 Å². The van der Waals surface area contributed by atoms with Crippen LogP contribution >= 0.6 is 0 Å². The summed E-state index contributed by atoms with van der Waals surface area (Å²) in [6, 6.07) is 0.412. The first-order valence-electron chi connectivity index (χ1n) is 3.21. The van der Waals surface area contributed by atoms with Crippen molar-refractivity contribution in [2.75, 3.05) is 6.54 Å². The summed E-state index contributed by atoms with van der Waals surface area (Å²) in [4.78, 5) is 0. The molecular formula is C7H9N2. The number of hydrazine groups is 1. The highest BCUT2D eigenvalue weighted by molar-refractivity contribution is 5.14. The molecule has 2 N–H and O–H groups in total. The molecule has 2 heteroatoms. The second-order valence-corrected chi connectivity index (χ2v) is 2.38. The van der Waals surface area contributed by atoms with E-state index in [4.69, 9.17) is 0 Å². The molecule has 0 aromatic rings. The highest BCUT2D eigenvalue weighted by Crippen LogP contribution is 2.13. The van der Waals surface area contributed by atoms with Gasteiger partial charge in [0, 0.05) is 12.5 Å². The standard InChI is InChI=1S/C7H9N2/c1-2-4-7-6(3-1)5-8-9-7/h1-3,6-9H,5H2. The third kappa shape index (κ3) is 0.802. The number of fused-ring (bicyclic) bond motifs is 1. The SMILES string of the molecule is [C]1=CC=CC2CNNC12. The minimum absolute atomic E-state index is 0.412. The number of hydrogen-bond acceptors (Lipinski definition) is 2. The van der Waals surface area contributed by atoms with Crippen molar-refractivity contribution in [2.24, 2.45) is 5.92 Å². The molecule has 1 heterocycles. The number of allylic oxidation sites excluding steroid dienone is 2. The first-order chi connectivity index (χ1) is 4.47. The van der Waals surface area contributed by atoms with Gasteiger partial charge in [-0.15, -0.1) is 0 Å². The van der Waals surface area contributed by atoms with Crippen LogP contribution in [0, 0.1) is 12.0 Å². The van der Waals surface area contributed by atoms with Crippen LogP contribution in [0.4, 0.5) is 0 Å². The summed E-state index contributed by atoms with van der Waals surface area (Å²) in [5.41, 5.74) is 6.20. The molecule has 0 aromatic carbocycles. The molecule has 1 radical (unpaired) electrons. The van der Waals surface area contributed by atoms with E-state index in [9.17, 15) is 0 Å². The van der Waals surface area contributed by atoms with Crippen LogP contribution in [0.15, 0.2) is 18.2 Å². The fourth-order valence-corrected chi connectivity index (χ4v) is 1.21. The molecule has 0 aromatic heterocycles. The largest absolute Gasteiger partial charge is 0.257 e. The van der Waals surface area contributed by atoms with Crippen molar-refractivity contribution in [1.29, 1.82) is 0 Å². The topological polar surface area (TPSA) is 24.1 Å². The molecule has 2 nitrogen and oxygen atoms in total. The Morgan fingerprint density at radius 1 is 1.56 bits per heavy atom. The van der Waals surface area contributed by atoms with Gasteiger partial charge in [0.1, 0.15) is 0 Å². The summed E-state index contributed by atoms with van der Waals surface area (Å²) < 4.78 is 0. The van der Waals surface area contributed by atoms with Gasteiger partial charge in [0.2, 0.25) is 0 Å². The Morgan fingerprint density at radius 2 is 2.56 bits per heavy atom. The summed E-state index contributed by atoms with van der Waals surface area (Å²) >= 11 is 0. The van der Waals surface area contributed by atoms with E-state index in [2.05, 4.69) is 29.1 Å². The van der Waals surface area contributed by atoms with E-state index in [0.29, 0.717) is 12.0 Å². The zero-order valence-corrected chi connectivity index (χ0v) is 5.09. The molecule has 1 fully saturated rings.